The first-order valence-corrected chi connectivity index (χ1v) is 9.51. The smallest absolute Gasteiger partial charge is 0.331 e. The Labute approximate surface area is 171 Å². The van der Waals surface area contributed by atoms with Crippen LogP contribution in [0.3, 0.4) is 0 Å². The second-order valence-electron chi connectivity index (χ2n) is 7.76. The van der Waals surface area contributed by atoms with Gasteiger partial charge in [-0.15, -0.1) is 0 Å². The normalized spacial score (nSPS) is 11.6. The maximum atomic E-state index is 11.8. The molecule has 29 heavy (non-hydrogen) atoms. The highest BCUT2D eigenvalue weighted by Gasteiger charge is 2.13. The Morgan fingerprint density at radius 1 is 1.14 bits per heavy atom. The van der Waals surface area contributed by atoms with Gasteiger partial charge in [0.25, 0.3) is 0 Å². The summed E-state index contributed by atoms with van der Waals surface area (Å²) in [5.74, 6) is 1.36. The van der Waals surface area contributed by atoms with Crippen molar-refractivity contribution in [3.63, 3.8) is 0 Å². The molecule has 3 rings (SSSR count). The number of nitrogens with one attached hydrogen (secondary N) is 1. The van der Waals surface area contributed by atoms with Gasteiger partial charge in [0.15, 0.2) is 0 Å². The van der Waals surface area contributed by atoms with Gasteiger partial charge >= 0.3 is 5.97 Å². The Morgan fingerprint density at radius 3 is 2.59 bits per heavy atom. The number of rotatable bonds is 6. The number of carbonyl (C=O) groups is 1. The van der Waals surface area contributed by atoms with Crippen LogP contribution >= 0.6 is 0 Å². The van der Waals surface area contributed by atoms with Crippen molar-refractivity contribution in [3.8, 4) is 17.0 Å². The second-order valence-corrected chi connectivity index (χ2v) is 7.76. The zero-order valence-electron chi connectivity index (χ0n) is 17.2. The number of imidazole rings is 1. The highest BCUT2D eigenvalue weighted by atomic mass is 16.6. The van der Waals surface area contributed by atoms with Gasteiger partial charge in [-0.05, 0) is 50.1 Å². The number of hydrogen-bond donors (Lipinski definition) is 1. The Hall–Kier alpha value is -3.34. The summed E-state index contributed by atoms with van der Waals surface area (Å²) in [5, 5.41) is 0. The molecule has 3 aromatic rings. The van der Waals surface area contributed by atoms with Crippen LogP contribution in [0.4, 0.5) is 0 Å². The van der Waals surface area contributed by atoms with E-state index in [1.54, 1.807) is 13.2 Å². The van der Waals surface area contributed by atoms with Gasteiger partial charge in [-0.25, -0.2) is 9.78 Å². The number of aromatic amines is 1. The van der Waals surface area contributed by atoms with Crippen LogP contribution in [0.1, 0.15) is 37.7 Å². The van der Waals surface area contributed by atoms with Crippen molar-refractivity contribution in [3.05, 3.63) is 77.8 Å². The van der Waals surface area contributed by atoms with E-state index in [1.807, 2.05) is 75.5 Å². The average molecular weight is 390 g/mol. The first kappa shape index (κ1) is 20.4. The Bertz CT molecular complexity index is 995. The summed E-state index contributed by atoms with van der Waals surface area (Å²) < 4.78 is 10.5. The first-order valence-electron chi connectivity index (χ1n) is 9.51. The minimum atomic E-state index is -0.488. The zero-order chi connectivity index (χ0) is 20.9. The molecule has 0 aliphatic heterocycles. The highest BCUT2D eigenvalue weighted by Crippen LogP contribution is 2.22. The van der Waals surface area contributed by atoms with E-state index >= 15 is 0 Å². The predicted molar refractivity (Wildman–Crippen MR) is 115 cm³/mol. The van der Waals surface area contributed by atoms with Crippen molar-refractivity contribution in [2.75, 3.05) is 7.11 Å². The number of methoxy groups -OCH3 is 1. The molecule has 1 heterocycles. The van der Waals surface area contributed by atoms with E-state index in [9.17, 15) is 4.79 Å². The van der Waals surface area contributed by atoms with Crippen LogP contribution in [-0.4, -0.2) is 28.6 Å². The van der Waals surface area contributed by atoms with Crippen molar-refractivity contribution in [1.82, 2.24) is 9.97 Å². The Kier molecular flexibility index (Phi) is 6.17. The lowest BCUT2D eigenvalue weighted by Crippen LogP contribution is -2.22. The quantitative estimate of drug-likeness (QED) is 0.473. The first-order chi connectivity index (χ1) is 13.8. The molecular weight excluding hydrogens is 364 g/mol. The lowest BCUT2D eigenvalue weighted by Gasteiger charge is -2.17. The van der Waals surface area contributed by atoms with Gasteiger partial charge in [0.05, 0.1) is 19.0 Å². The minimum Gasteiger partial charge on any atom is -0.497 e. The molecule has 1 N–H and O–H groups in total. The van der Waals surface area contributed by atoms with E-state index in [2.05, 4.69) is 9.97 Å². The summed E-state index contributed by atoms with van der Waals surface area (Å²) in [6.07, 6.45) is 5.74. The molecule has 0 bridgehead atoms. The lowest BCUT2D eigenvalue weighted by molar-refractivity contribution is -0.148. The number of hydrogen-bond acceptors (Lipinski definition) is 4. The fraction of sp³-hybridized carbons (Fsp3) is 0.250. The molecule has 0 radical (unpaired) electrons. The molecule has 0 aliphatic carbocycles. The molecule has 1 aromatic heterocycles. The summed E-state index contributed by atoms with van der Waals surface area (Å²) >= 11 is 0. The Balaban J connectivity index is 1.63. The lowest BCUT2D eigenvalue weighted by atomic mass is 10.1. The topological polar surface area (TPSA) is 64.2 Å². The highest BCUT2D eigenvalue weighted by molar-refractivity contribution is 5.87. The second kappa shape index (κ2) is 8.78. The SMILES string of the molecule is COc1cccc(-c2cnc(Cc3ccc(C=CC(=O)OC(C)(C)C)cc3)[nH]2)c1. The molecule has 0 unspecified atom stereocenters. The fourth-order valence-corrected chi connectivity index (χ4v) is 2.83. The van der Waals surface area contributed by atoms with Crippen molar-refractivity contribution < 1.29 is 14.3 Å². The standard InChI is InChI=1S/C24H26N2O3/c1-24(2,3)29-23(27)13-12-17-8-10-18(11-9-17)14-22-25-16-21(26-22)19-6-5-7-20(15-19)28-4/h5-13,15-16H,14H2,1-4H3,(H,25,26). The van der Waals surface area contributed by atoms with Crippen molar-refractivity contribution in [1.29, 1.82) is 0 Å². The minimum absolute atomic E-state index is 0.345. The van der Waals surface area contributed by atoms with E-state index < -0.39 is 5.60 Å². The number of ether oxygens (including phenoxy) is 2. The van der Waals surface area contributed by atoms with E-state index in [4.69, 9.17) is 9.47 Å². The third kappa shape index (κ3) is 6.07. The van der Waals surface area contributed by atoms with E-state index in [1.165, 1.54) is 6.08 Å². The Morgan fingerprint density at radius 2 is 1.90 bits per heavy atom. The van der Waals surface area contributed by atoms with Gasteiger partial charge in [0.2, 0.25) is 0 Å². The van der Waals surface area contributed by atoms with Gasteiger partial charge in [-0.1, -0.05) is 36.4 Å². The summed E-state index contributed by atoms with van der Waals surface area (Å²) in [7, 11) is 1.66. The summed E-state index contributed by atoms with van der Waals surface area (Å²) in [6.45, 7) is 5.55. The van der Waals surface area contributed by atoms with Gasteiger partial charge in [0.1, 0.15) is 17.2 Å². The van der Waals surface area contributed by atoms with Crippen LogP contribution in [0.5, 0.6) is 5.75 Å². The van der Waals surface area contributed by atoms with E-state index in [0.29, 0.717) is 6.42 Å². The molecule has 0 atom stereocenters. The molecule has 0 fully saturated rings. The van der Waals surface area contributed by atoms with Crippen molar-refractivity contribution >= 4 is 12.0 Å². The molecular formula is C24H26N2O3. The fourth-order valence-electron chi connectivity index (χ4n) is 2.83. The number of benzene rings is 2. The largest absolute Gasteiger partial charge is 0.497 e. The maximum absolute atomic E-state index is 11.8. The monoisotopic (exact) mass is 390 g/mol. The zero-order valence-corrected chi connectivity index (χ0v) is 17.2. The third-order valence-corrected chi connectivity index (χ3v) is 4.18. The van der Waals surface area contributed by atoms with E-state index in [-0.39, 0.29) is 5.97 Å². The molecule has 5 heteroatoms. The van der Waals surface area contributed by atoms with Crippen molar-refractivity contribution in [2.24, 2.45) is 0 Å². The molecule has 2 aromatic carbocycles. The number of carbonyl (C=O) groups excluding carboxylic acids is 1. The van der Waals surface area contributed by atoms with Crippen LogP contribution in [-0.2, 0) is 16.0 Å². The number of nitrogens with zero attached hydrogens (tertiary/aromatic N) is 1. The predicted octanol–water partition coefficient (Wildman–Crippen LogP) is 5.03. The summed E-state index contributed by atoms with van der Waals surface area (Å²) in [6, 6.07) is 15.9. The van der Waals surface area contributed by atoms with Gasteiger partial charge in [0, 0.05) is 18.1 Å². The average Bonchev–Trinajstić information content (AvgIpc) is 3.15. The maximum Gasteiger partial charge on any atom is 0.331 e. The molecule has 0 spiro atoms. The molecule has 0 saturated heterocycles. The van der Waals surface area contributed by atoms with E-state index in [0.717, 1.165) is 34.0 Å². The molecule has 0 saturated carbocycles. The van der Waals surface area contributed by atoms with Crippen LogP contribution in [0, 0.1) is 0 Å². The van der Waals surface area contributed by atoms with Gasteiger partial charge < -0.3 is 14.5 Å². The number of esters is 1. The summed E-state index contributed by atoms with van der Waals surface area (Å²) in [5.41, 5.74) is 3.57. The molecule has 0 amide bonds. The van der Waals surface area contributed by atoms with Crippen LogP contribution in [0.25, 0.3) is 17.3 Å². The summed E-state index contributed by atoms with van der Waals surface area (Å²) in [4.78, 5) is 19.6. The van der Waals surface area contributed by atoms with Gasteiger partial charge in [-0.3, -0.25) is 0 Å². The van der Waals surface area contributed by atoms with Crippen molar-refractivity contribution in [2.45, 2.75) is 32.8 Å². The number of H-pyrrole nitrogens is 1. The molecule has 150 valence electrons. The van der Waals surface area contributed by atoms with Crippen LogP contribution in [0.15, 0.2) is 60.8 Å². The van der Waals surface area contributed by atoms with Gasteiger partial charge in [-0.2, -0.15) is 0 Å². The van der Waals surface area contributed by atoms with Crippen LogP contribution < -0.4 is 4.74 Å². The van der Waals surface area contributed by atoms with Crippen LogP contribution in [0.2, 0.25) is 0 Å². The molecule has 0 aliphatic rings. The third-order valence-electron chi connectivity index (χ3n) is 4.18. The number of aromatic nitrogens is 2. The molecule has 5 nitrogen and oxygen atoms in total.